The standard InChI is InChI=1S/C20H27N7O2/c1-3-21-18(24-15-16-5-7-17(8-6-16)25-20(28)29-2)26-11-13-27(14-12-26)19-22-9-4-10-23-19/h4-10H,3,11-15H2,1-2H3,(H,21,24)(H,25,28). The molecule has 9 heteroatoms. The average Bonchev–Trinajstić information content (AvgIpc) is 2.78. The molecule has 1 fully saturated rings. The zero-order valence-electron chi connectivity index (χ0n) is 16.8. The van der Waals surface area contributed by atoms with Crippen LogP contribution < -0.4 is 15.5 Å². The van der Waals surface area contributed by atoms with Crippen LogP contribution in [0.15, 0.2) is 47.7 Å². The van der Waals surface area contributed by atoms with E-state index in [-0.39, 0.29) is 0 Å². The van der Waals surface area contributed by atoms with E-state index in [2.05, 4.69) is 42.1 Å². The van der Waals surface area contributed by atoms with Gasteiger partial charge in [0.05, 0.1) is 13.7 Å². The SMILES string of the molecule is CCNC(=NCc1ccc(NC(=O)OC)cc1)N1CCN(c2ncccn2)CC1. The predicted molar refractivity (Wildman–Crippen MR) is 113 cm³/mol. The van der Waals surface area contributed by atoms with Crippen molar-refractivity contribution >= 4 is 23.7 Å². The van der Waals surface area contributed by atoms with Crippen LogP contribution in [0.5, 0.6) is 0 Å². The number of hydrogen-bond acceptors (Lipinski definition) is 6. The Hall–Kier alpha value is -3.36. The molecular weight excluding hydrogens is 370 g/mol. The molecule has 0 spiro atoms. The quantitative estimate of drug-likeness (QED) is 0.588. The Morgan fingerprint density at radius 1 is 1.14 bits per heavy atom. The lowest BCUT2D eigenvalue weighted by atomic mass is 10.2. The van der Waals surface area contributed by atoms with Crippen molar-refractivity contribution in [3.8, 4) is 0 Å². The number of carbonyl (C=O) groups is 1. The summed E-state index contributed by atoms with van der Waals surface area (Å²) in [6, 6.07) is 9.40. The molecule has 154 valence electrons. The average molecular weight is 397 g/mol. The zero-order valence-corrected chi connectivity index (χ0v) is 16.8. The molecule has 0 aliphatic carbocycles. The number of nitrogens with zero attached hydrogens (tertiary/aromatic N) is 5. The van der Waals surface area contributed by atoms with Gasteiger partial charge in [-0.1, -0.05) is 12.1 Å². The molecule has 0 unspecified atom stereocenters. The summed E-state index contributed by atoms with van der Waals surface area (Å²) < 4.78 is 4.60. The van der Waals surface area contributed by atoms with Gasteiger partial charge in [-0.25, -0.2) is 19.8 Å². The number of benzene rings is 1. The molecule has 0 atom stereocenters. The molecule has 1 aliphatic heterocycles. The Kier molecular flexibility index (Phi) is 7.21. The number of ether oxygens (including phenoxy) is 1. The predicted octanol–water partition coefficient (Wildman–Crippen LogP) is 1.94. The van der Waals surface area contributed by atoms with Gasteiger partial charge in [0.2, 0.25) is 5.95 Å². The summed E-state index contributed by atoms with van der Waals surface area (Å²) in [7, 11) is 1.34. The minimum atomic E-state index is -0.481. The highest BCUT2D eigenvalue weighted by Gasteiger charge is 2.21. The fraction of sp³-hybridized carbons (Fsp3) is 0.400. The zero-order chi connectivity index (χ0) is 20.5. The molecule has 2 heterocycles. The summed E-state index contributed by atoms with van der Waals surface area (Å²) in [5.74, 6) is 1.67. The van der Waals surface area contributed by atoms with Crippen molar-refractivity contribution in [1.82, 2.24) is 20.2 Å². The summed E-state index contributed by atoms with van der Waals surface area (Å²) in [4.78, 5) is 29.2. The van der Waals surface area contributed by atoms with E-state index in [0.29, 0.717) is 12.2 Å². The fourth-order valence-corrected chi connectivity index (χ4v) is 3.03. The van der Waals surface area contributed by atoms with E-state index in [0.717, 1.165) is 50.2 Å². The maximum atomic E-state index is 11.3. The third-order valence-electron chi connectivity index (χ3n) is 4.55. The van der Waals surface area contributed by atoms with Gasteiger partial charge in [-0.3, -0.25) is 5.32 Å². The normalized spacial score (nSPS) is 14.5. The minimum absolute atomic E-state index is 0.481. The van der Waals surface area contributed by atoms with Crippen molar-refractivity contribution in [1.29, 1.82) is 0 Å². The van der Waals surface area contributed by atoms with E-state index in [1.807, 2.05) is 30.3 Å². The highest BCUT2D eigenvalue weighted by atomic mass is 16.5. The second-order valence-corrected chi connectivity index (χ2v) is 6.51. The molecule has 0 radical (unpaired) electrons. The van der Waals surface area contributed by atoms with Crippen molar-refractivity contribution in [3.63, 3.8) is 0 Å². The van der Waals surface area contributed by atoms with Crippen LogP contribution in [0.2, 0.25) is 0 Å². The van der Waals surface area contributed by atoms with Gasteiger partial charge in [-0.2, -0.15) is 0 Å². The van der Waals surface area contributed by atoms with E-state index in [9.17, 15) is 4.79 Å². The number of nitrogens with one attached hydrogen (secondary N) is 2. The van der Waals surface area contributed by atoms with Crippen molar-refractivity contribution in [2.75, 3.05) is 50.1 Å². The van der Waals surface area contributed by atoms with Gasteiger partial charge in [-0.15, -0.1) is 0 Å². The largest absolute Gasteiger partial charge is 0.453 e. The van der Waals surface area contributed by atoms with Gasteiger partial charge in [-0.05, 0) is 30.7 Å². The Balaban J connectivity index is 1.58. The molecule has 1 aromatic carbocycles. The first-order chi connectivity index (χ1) is 14.2. The van der Waals surface area contributed by atoms with E-state index in [4.69, 9.17) is 4.99 Å². The van der Waals surface area contributed by atoms with Crippen LogP contribution in [0.25, 0.3) is 0 Å². The maximum Gasteiger partial charge on any atom is 0.411 e. The summed E-state index contributed by atoms with van der Waals surface area (Å²) in [5, 5.41) is 6.02. The maximum absolute atomic E-state index is 11.3. The van der Waals surface area contributed by atoms with Gasteiger partial charge in [0.1, 0.15) is 0 Å². The number of carbonyl (C=O) groups excluding carboxylic acids is 1. The van der Waals surface area contributed by atoms with Crippen LogP contribution in [0.3, 0.4) is 0 Å². The number of rotatable bonds is 5. The van der Waals surface area contributed by atoms with Gasteiger partial charge >= 0.3 is 6.09 Å². The van der Waals surface area contributed by atoms with Crippen molar-refractivity contribution in [3.05, 3.63) is 48.3 Å². The molecule has 1 aromatic heterocycles. The summed E-state index contributed by atoms with van der Waals surface area (Å²) in [6.45, 7) is 6.84. The third-order valence-corrected chi connectivity index (χ3v) is 4.55. The highest BCUT2D eigenvalue weighted by molar-refractivity contribution is 5.84. The number of aromatic nitrogens is 2. The van der Waals surface area contributed by atoms with Gasteiger partial charge < -0.3 is 19.9 Å². The number of methoxy groups -OCH3 is 1. The smallest absolute Gasteiger partial charge is 0.411 e. The van der Waals surface area contributed by atoms with E-state index < -0.39 is 6.09 Å². The number of anilines is 2. The topological polar surface area (TPSA) is 95.0 Å². The van der Waals surface area contributed by atoms with Gasteiger partial charge in [0.15, 0.2) is 5.96 Å². The van der Waals surface area contributed by atoms with Gasteiger partial charge in [0, 0.05) is 50.8 Å². The molecule has 1 amide bonds. The molecule has 3 rings (SSSR count). The number of hydrogen-bond donors (Lipinski definition) is 2. The summed E-state index contributed by atoms with van der Waals surface area (Å²) in [6.07, 6.45) is 3.06. The van der Waals surface area contributed by atoms with Gasteiger partial charge in [0.25, 0.3) is 0 Å². The first kappa shape index (κ1) is 20.4. The summed E-state index contributed by atoms with van der Waals surface area (Å²) >= 11 is 0. The van der Waals surface area contributed by atoms with Crippen molar-refractivity contribution in [2.45, 2.75) is 13.5 Å². The molecule has 1 aliphatic rings. The number of aliphatic imine (C=N–C) groups is 1. The highest BCUT2D eigenvalue weighted by Crippen LogP contribution is 2.12. The lowest BCUT2D eigenvalue weighted by Crippen LogP contribution is -2.52. The first-order valence-electron chi connectivity index (χ1n) is 9.68. The molecular formula is C20H27N7O2. The molecule has 0 saturated carbocycles. The van der Waals surface area contributed by atoms with Crippen LogP contribution in [-0.4, -0.2) is 66.8 Å². The Labute approximate surface area is 170 Å². The van der Waals surface area contributed by atoms with Crippen LogP contribution in [0.1, 0.15) is 12.5 Å². The number of guanidine groups is 1. The molecule has 2 aromatic rings. The van der Waals surface area contributed by atoms with E-state index in [1.54, 1.807) is 12.4 Å². The Morgan fingerprint density at radius 2 is 1.83 bits per heavy atom. The lowest BCUT2D eigenvalue weighted by molar-refractivity contribution is 0.187. The fourth-order valence-electron chi connectivity index (χ4n) is 3.03. The van der Waals surface area contributed by atoms with Crippen molar-refractivity contribution < 1.29 is 9.53 Å². The third kappa shape index (κ3) is 5.81. The van der Waals surface area contributed by atoms with E-state index >= 15 is 0 Å². The van der Waals surface area contributed by atoms with E-state index in [1.165, 1.54) is 7.11 Å². The molecule has 9 nitrogen and oxygen atoms in total. The molecule has 0 bridgehead atoms. The first-order valence-corrected chi connectivity index (χ1v) is 9.68. The lowest BCUT2D eigenvalue weighted by Gasteiger charge is -2.36. The van der Waals surface area contributed by atoms with Crippen LogP contribution in [0, 0.1) is 0 Å². The summed E-state index contributed by atoms with van der Waals surface area (Å²) in [5.41, 5.74) is 1.75. The number of amides is 1. The van der Waals surface area contributed by atoms with Crippen LogP contribution >= 0.6 is 0 Å². The molecule has 2 N–H and O–H groups in total. The molecule has 29 heavy (non-hydrogen) atoms. The number of piperazine rings is 1. The minimum Gasteiger partial charge on any atom is -0.453 e. The Bertz CT molecular complexity index is 803. The second-order valence-electron chi connectivity index (χ2n) is 6.51. The van der Waals surface area contributed by atoms with Crippen molar-refractivity contribution in [2.24, 2.45) is 4.99 Å². The monoisotopic (exact) mass is 397 g/mol. The van der Waals surface area contributed by atoms with Crippen LogP contribution in [0.4, 0.5) is 16.4 Å². The molecule has 1 saturated heterocycles. The second kappa shape index (κ2) is 10.3. The Morgan fingerprint density at radius 3 is 2.45 bits per heavy atom. The van der Waals surface area contributed by atoms with Crippen LogP contribution in [-0.2, 0) is 11.3 Å².